The van der Waals surface area contributed by atoms with Crippen LogP contribution in [0, 0.1) is 0 Å². The maximum Gasteiger partial charge on any atom is 0.555 e. The van der Waals surface area contributed by atoms with Crippen LogP contribution in [0.25, 0.3) is 0 Å². The molecule has 0 saturated heterocycles. The van der Waals surface area contributed by atoms with Gasteiger partial charge in [-0.3, -0.25) is 9.32 Å². The van der Waals surface area contributed by atoms with E-state index in [1.54, 1.807) is 45.0 Å². The third-order valence-electron chi connectivity index (χ3n) is 3.22. The van der Waals surface area contributed by atoms with E-state index in [1.807, 2.05) is 37.3 Å². The van der Waals surface area contributed by atoms with Gasteiger partial charge in [-0.2, -0.15) is 0 Å². The number of hydrogen-bond acceptors (Lipinski definition) is 4. The molecule has 7 heteroatoms. The standard InChI is InChI=1S/C10H13NO2P.C9H12O2P/c1-11(2)10(12)8-5-4-6-9(7-8)14(3)13;1-2-8-12(10)11-9-6-4-3-5-7-9/h4-7H,1-3H3;3-7H,2,8H2,1H3/q2*+1. The average molecular weight is 393 g/mol. The number of carbonyl (C=O) groups excluding carboxylic acids is 1. The molecule has 0 fully saturated rings. The second kappa shape index (κ2) is 11.5. The molecule has 0 saturated carbocycles. The van der Waals surface area contributed by atoms with Gasteiger partial charge < -0.3 is 4.90 Å². The molecule has 2 atom stereocenters. The lowest BCUT2D eigenvalue weighted by Crippen LogP contribution is -2.22. The van der Waals surface area contributed by atoms with Gasteiger partial charge in [-0.05, 0) is 35.3 Å². The van der Waals surface area contributed by atoms with Crippen molar-refractivity contribution in [2.24, 2.45) is 0 Å². The van der Waals surface area contributed by atoms with Crippen molar-refractivity contribution >= 4 is 27.0 Å². The zero-order chi connectivity index (χ0) is 19.5. The highest BCUT2D eigenvalue weighted by molar-refractivity contribution is 7.52. The Morgan fingerprint density at radius 2 is 1.69 bits per heavy atom. The molecule has 26 heavy (non-hydrogen) atoms. The van der Waals surface area contributed by atoms with Gasteiger partial charge in [0.15, 0.2) is 17.2 Å². The summed E-state index contributed by atoms with van der Waals surface area (Å²) in [5.41, 5.74) is 0.581. The van der Waals surface area contributed by atoms with Gasteiger partial charge in [0.05, 0.1) is 0 Å². The zero-order valence-electron chi connectivity index (χ0n) is 15.6. The molecular weight excluding hydrogens is 368 g/mol. The monoisotopic (exact) mass is 393 g/mol. The highest BCUT2D eigenvalue weighted by atomic mass is 31.1. The summed E-state index contributed by atoms with van der Waals surface area (Å²) in [6.45, 7) is 3.62. The number of hydrogen-bond donors (Lipinski definition) is 0. The minimum Gasteiger partial charge on any atom is -0.345 e. The van der Waals surface area contributed by atoms with E-state index in [1.165, 1.54) is 4.90 Å². The van der Waals surface area contributed by atoms with Crippen molar-refractivity contribution < 1.29 is 18.4 Å². The van der Waals surface area contributed by atoms with Crippen LogP contribution in [0.15, 0.2) is 54.6 Å². The number of amides is 1. The predicted molar refractivity (Wildman–Crippen MR) is 107 cm³/mol. The quantitative estimate of drug-likeness (QED) is 0.668. The molecule has 2 unspecified atom stereocenters. The molecule has 0 N–H and O–H groups in total. The molecule has 0 spiro atoms. The molecule has 0 aliphatic heterocycles. The number of carbonyl (C=O) groups is 1. The number of para-hydroxylation sites is 1. The lowest BCUT2D eigenvalue weighted by atomic mass is 10.2. The molecule has 0 bridgehead atoms. The molecule has 0 aliphatic rings. The summed E-state index contributed by atoms with van der Waals surface area (Å²) in [7, 11) is 0.507. The van der Waals surface area contributed by atoms with Crippen LogP contribution in [-0.2, 0) is 9.13 Å². The van der Waals surface area contributed by atoms with Crippen molar-refractivity contribution in [3.05, 3.63) is 60.2 Å². The summed E-state index contributed by atoms with van der Waals surface area (Å²) in [5.74, 6) is 0.621. The smallest absolute Gasteiger partial charge is 0.345 e. The molecule has 0 aromatic heterocycles. The Kier molecular flexibility index (Phi) is 9.72. The number of nitrogens with zero attached hydrogens (tertiary/aromatic N) is 1. The van der Waals surface area contributed by atoms with Crippen molar-refractivity contribution in [3.8, 4) is 5.75 Å². The topological polar surface area (TPSA) is 63.7 Å². The van der Waals surface area contributed by atoms with E-state index in [2.05, 4.69) is 0 Å². The summed E-state index contributed by atoms with van der Waals surface area (Å²) >= 11 is 0. The van der Waals surface area contributed by atoms with Gasteiger partial charge in [0, 0.05) is 25.7 Å². The number of benzene rings is 2. The molecule has 2 aromatic rings. The molecule has 138 valence electrons. The minimum atomic E-state index is -1.51. The van der Waals surface area contributed by atoms with E-state index < -0.39 is 15.8 Å². The van der Waals surface area contributed by atoms with Crippen LogP contribution >= 0.6 is 15.8 Å². The minimum absolute atomic E-state index is 0.0660. The van der Waals surface area contributed by atoms with E-state index in [9.17, 15) is 13.9 Å². The summed E-state index contributed by atoms with van der Waals surface area (Å²) < 4.78 is 27.5. The van der Waals surface area contributed by atoms with Crippen molar-refractivity contribution in [2.75, 3.05) is 26.9 Å². The Morgan fingerprint density at radius 1 is 1.04 bits per heavy atom. The van der Waals surface area contributed by atoms with E-state index >= 15 is 0 Å². The number of rotatable bonds is 6. The van der Waals surface area contributed by atoms with Crippen LogP contribution < -0.4 is 9.83 Å². The summed E-state index contributed by atoms with van der Waals surface area (Å²) in [6, 6.07) is 16.2. The maximum absolute atomic E-state index is 11.6. The molecule has 0 radical (unpaired) electrons. The zero-order valence-corrected chi connectivity index (χ0v) is 17.4. The molecule has 1 amide bonds. The second-order valence-corrected chi connectivity index (χ2v) is 8.51. The largest absolute Gasteiger partial charge is 0.555 e. The molecular formula is C19H25NO4P2+2. The average Bonchev–Trinajstić information content (AvgIpc) is 2.62. The van der Waals surface area contributed by atoms with Crippen molar-refractivity contribution in [1.29, 1.82) is 0 Å². The van der Waals surface area contributed by atoms with Gasteiger partial charge in [-0.15, -0.1) is 0 Å². The highest BCUT2D eigenvalue weighted by Gasteiger charge is 2.16. The Bertz CT molecular complexity index is 748. The van der Waals surface area contributed by atoms with Crippen molar-refractivity contribution in [1.82, 2.24) is 4.90 Å². The van der Waals surface area contributed by atoms with Gasteiger partial charge in [0.1, 0.15) is 6.66 Å². The fraction of sp³-hybridized carbons (Fsp3) is 0.316. The third kappa shape index (κ3) is 7.86. The van der Waals surface area contributed by atoms with E-state index in [-0.39, 0.29) is 5.91 Å². The van der Waals surface area contributed by atoms with E-state index in [4.69, 9.17) is 4.52 Å². The van der Waals surface area contributed by atoms with Crippen LogP contribution in [-0.4, -0.2) is 37.7 Å². The normalized spacial score (nSPS) is 10.9. The lowest BCUT2D eigenvalue weighted by molar-refractivity contribution is 0.0827. The summed E-state index contributed by atoms with van der Waals surface area (Å²) in [5, 5.41) is 0.715. The van der Waals surface area contributed by atoms with Gasteiger partial charge in [0.25, 0.3) is 5.91 Å². The Morgan fingerprint density at radius 3 is 2.23 bits per heavy atom. The molecule has 0 aliphatic carbocycles. The first-order chi connectivity index (χ1) is 12.3. The fourth-order valence-corrected chi connectivity index (χ4v) is 3.35. The lowest BCUT2D eigenvalue weighted by Gasteiger charge is -2.09. The van der Waals surface area contributed by atoms with E-state index in [0.717, 1.165) is 6.42 Å². The predicted octanol–water partition coefficient (Wildman–Crippen LogP) is 4.69. The highest BCUT2D eigenvalue weighted by Crippen LogP contribution is 2.26. The van der Waals surface area contributed by atoms with Gasteiger partial charge in [0.2, 0.25) is 0 Å². The summed E-state index contributed by atoms with van der Waals surface area (Å²) in [4.78, 5) is 13.1. The van der Waals surface area contributed by atoms with Crippen molar-refractivity contribution in [2.45, 2.75) is 13.3 Å². The first-order valence-corrected chi connectivity index (χ1v) is 11.3. The Labute approximate surface area is 157 Å². The van der Waals surface area contributed by atoms with Crippen LogP contribution in [0.2, 0.25) is 0 Å². The maximum atomic E-state index is 11.6. The van der Waals surface area contributed by atoms with Gasteiger partial charge in [-0.25, -0.2) is 0 Å². The molecule has 5 nitrogen and oxygen atoms in total. The first kappa shape index (κ1) is 22.0. The Hall–Kier alpha value is -2.09. The fourth-order valence-electron chi connectivity index (χ4n) is 1.92. The molecule has 2 aromatic carbocycles. The van der Waals surface area contributed by atoms with Gasteiger partial charge in [-0.1, -0.05) is 35.8 Å². The van der Waals surface area contributed by atoms with Crippen LogP contribution in [0.4, 0.5) is 0 Å². The third-order valence-corrected chi connectivity index (χ3v) is 5.45. The van der Waals surface area contributed by atoms with Crippen LogP contribution in [0.3, 0.4) is 0 Å². The Balaban J connectivity index is 0.000000263. The molecule has 0 heterocycles. The van der Waals surface area contributed by atoms with Crippen molar-refractivity contribution in [3.63, 3.8) is 0 Å². The molecule has 2 rings (SSSR count). The first-order valence-electron chi connectivity index (χ1n) is 8.25. The summed E-state index contributed by atoms with van der Waals surface area (Å²) in [6.07, 6.45) is 1.52. The second-order valence-electron chi connectivity index (χ2n) is 5.71. The van der Waals surface area contributed by atoms with Gasteiger partial charge >= 0.3 is 15.8 Å². The van der Waals surface area contributed by atoms with E-state index in [0.29, 0.717) is 22.8 Å². The van der Waals surface area contributed by atoms with Crippen LogP contribution in [0.5, 0.6) is 5.75 Å². The van der Waals surface area contributed by atoms with Crippen LogP contribution in [0.1, 0.15) is 23.7 Å². The SMILES string of the molecule is CCC[P+](=O)Oc1ccccc1.CN(C)C(=O)c1cccc([P+](C)=O)c1.